The highest BCUT2D eigenvalue weighted by atomic mass is 16.5. The molecule has 1 aliphatic heterocycles. The molecule has 10 nitrogen and oxygen atoms in total. The summed E-state index contributed by atoms with van der Waals surface area (Å²) < 4.78 is 5.27. The van der Waals surface area contributed by atoms with Crippen LogP contribution in [0.5, 0.6) is 0 Å². The quantitative estimate of drug-likeness (QED) is 0.278. The summed E-state index contributed by atoms with van der Waals surface area (Å²) in [5.74, 6) is -1.20. The number of morpholine rings is 1. The molecule has 1 fully saturated rings. The van der Waals surface area contributed by atoms with E-state index in [9.17, 15) is 24.4 Å². The zero-order chi connectivity index (χ0) is 23.7. The summed E-state index contributed by atoms with van der Waals surface area (Å²) in [4.78, 5) is 39.7. The summed E-state index contributed by atoms with van der Waals surface area (Å²) in [6, 6.07) is 5.45. The minimum Gasteiger partial charge on any atom is -0.423 e. The van der Waals surface area contributed by atoms with Gasteiger partial charge in [0.2, 0.25) is 17.7 Å². The normalized spacial score (nSPS) is 15.5. The average molecular weight is 448 g/mol. The van der Waals surface area contributed by atoms with E-state index in [1.807, 2.05) is 25.7 Å². The van der Waals surface area contributed by atoms with Crippen molar-refractivity contribution >= 4 is 30.3 Å². The molecular formula is C21H33BN4O6. The van der Waals surface area contributed by atoms with Crippen LogP contribution in [-0.4, -0.2) is 84.2 Å². The van der Waals surface area contributed by atoms with E-state index in [1.165, 1.54) is 0 Å². The number of amides is 3. The lowest BCUT2D eigenvalue weighted by Crippen LogP contribution is -2.53. The lowest BCUT2D eigenvalue weighted by molar-refractivity contribution is -0.133. The van der Waals surface area contributed by atoms with Gasteiger partial charge in [-0.1, -0.05) is 24.3 Å². The molecule has 1 saturated heterocycles. The molecule has 11 heteroatoms. The van der Waals surface area contributed by atoms with Crippen LogP contribution in [0.1, 0.15) is 32.8 Å². The maximum atomic E-state index is 12.8. The molecule has 2 rings (SSSR count). The molecule has 1 atom stereocenters. The van der Waals surface area contributed by atoms with Crippen molar-refractivity contribution in [3.63, 3.8) is 0 Å². The van der Waals surface area contributed by atoms with Crippen LogP contribution in [0.2, 0.25) is 0 Å². The van der Waals surface area contributed by atoms with Gasteiger partial charge in [-0.25, -0.2) is 0 Å². The van der Waals surface area contributed by atoms with E-state index in [2.05, 4.69) is 16.0 Å². The van der Waals surface area contributed by atoms with Crippen molar-refractivity contribution in [3.8, 4) is 0 Å². The minimum atomic E-state index is -1.61. The number of ether oxygens (including phenoxy) is 1. The smallest absolute Gasteiger partial charge is 0.423 e. The van der Waals surface area contributed by atoms with Crippen molar-refractivity contribution < 1.29 is 29.2 Å². The number of hydrogen-bond donors (Lipinski definition) is 5. The number of hydrogen-bond acceptors (Lipinski definition) is 7. The van der Waals surface area contributed by atoms with Gasteiger partial charge < -0.3 is 30.7 Å². The zero-order valence-corrected chi connectivity index (χ0v) is 18.9. The van der Waals surface area contributed by atoms with E-state index in [-0.39, 0.29) is 31.3 Å². The highest BCUT2D eigenvalue weighted by Gasteiger charge is 2.26. The van der Waals surface area contributed by atoms with Gasteiger partial charge in [0, 0.05) is 25.2 Å². The van der Waals surface area contributed by atoms with Gasteiger partial charge in [-0.05, 0) is 31.8 Å². The Morgan fingerprint density at radius 2 is 1.84 bits per heavy atom. The first-order chi connectivity index (χ1) is 15.0. The maximum absolute atomic E-state index is 12.8. The molecule has 1 aromatic carbocycles. The number of carbonyl (C=O) groups excluding carboxylic acids is 3. The third-order valence-corrected chi connectivity index (χ3v) is 4.74. The van der Waals surface area contributed by atoms with Gasteiger partial charge in [0.1, 0.15) is 6.04 Å². The van der Waals surface area contributed by atoms with Crippen LogP contribution in [0.15, 0.2) is 24.3 Å². The van der Waals surface area contributed by atoms with Crippen molar-refractivity contribution in [2.45, 2.75) is 45.3 Å². The Labute approximate surface area is 188 Å². The SMILES string of the molecule is CC(C)(C)NC(=O)C[C@H](NC(=O)CN1CCOCC1)C(=O)NCc1cccc(B(O)O)c1. The van der Waals surface area contributed by atoms with Gasteiger partial charge in [-0.3, -0.25) is 19.3 Å². The Bertz CT molecular complexity index is 793. The molecule has 3 amide bonds. The molecule has 0 aromatic heterocycles. The minimum absolute atomic E-state index is 0.107. The first-order valence-corrected chi connectivity index (χ1v) is 10.7. The topological polar surface area (TPSA) is 140 Å². The molecule has 176 valence electrons. The Hall–Kier alpha value is -2.47. The second kappa shape index (κ2) is 12.0. The zero-order valence-electron chi connectivity index (χ0n) is 18.9. The van der Waals surface area contributed by atoms with Gasteiger partial charge in [-0.2, -0.15) is 0 Å². The first-order valence-electron chi connectivity index (χ1n) is 10.7. The van der Waals surface area contributed by atoms with Crippen molar-refractivity contribution in [2.75, 3.05) is 32.8 Å². The van der Waals surface area contributed by atoms with Crippen LogP contribution in [0.25, 0.3) is 0 Å². The van der Waals surface area contributed by atoms with E-state index in [1.54, 1.807) is 24.3 Å². The molecule has 0 saturated carbocycles. The Morgan fingerprint density at radius 1 is 1.16 bits per heavy atom. The fraction of sp³-hybridized carbons (Fsp3) is 0.571. The monoisotopic (exact) mass is 448 g/mol. The molecule has 0 unspecified atom stereocenters. The van der Waals surface area contributed by atoms with Gasteiger partial charge in [0.05, 0.1) is 26.2 Å². The largest absolute Gasteiger partial charge is 0.488 e. The molecule has 32 heavy (non-hydrogen) atoms. The third-order valence-electron chi connectivity index (χ3n) is 4.74. The number of nitrogens with zero attached hydrogens (tertiary/aromatic N) is 1. The molecule has 5 N–H and O–H groups in total. The van der Waals surface area contributed by atoms with Gasteiger partial charge in [0.25, 0.3) is 0 Å². The Morgan fingerprint density at radius 3 is 2.47 bits per heavy atom. The van der Waals surface area contributed by atoms with Gasteiger partial charge in [0.15, 0.2) is 0 Å². The number of carbonyl (C=O) groups is 3. The van der Waals surface area contributed by atoms with Crippen LogP contribution in [0.4, 0.5) is 0 Å². The average Bonchev–Trinajstić information content (AvgIpc) is 2.71. The van der Waals surface area contributed by atoms with E-state index >= 15 is 0 Å². The summed E-state index contributed by atoms with van der Waals surface area (Å²) in [5.41, 5.74) is 0.486. The predicted molar refractivity (Wildman–Crippen MR) is 120 cm³/mol. The Kier molecular flexibility index (Phi) is 9.64. The highest BCUT2D eigenvalue weighted by molar-refractivity contribution is 6.58. The summed E-state index contributed by atoms with van der Waals surface area (Å²) in [6.07, 6.45) is -0.201. The highest BCUT2D eigenvalue weighted by Crippen LogP contribution is 2.04. The van der Waals surface area contributed by atoms with Crippen LogP contribution in [0, 0.1) is 0 Å². The summed E-state index contributed by atoms with van der Waals surface area (Å²) in [5, 5.41) is 26.8. The van der Waals surface area contributed by atoms with Crippen LogP contribution >= 0.6 is 0 Å². The molecule has 0 radical (unpaired) electrons. The van der Waals surface area contributed by atoms with E-state index in [0.29, 0.717) is 37.3 Å². The third kappa shape index (κ3) is 9.35. The molecular weight excluding hydrogens is 415 g/mol. The van der Waals surface area contributed by atoms with Crippen molar-refractivity contribution in [3.05, 3.63) is 29.8 Å². The number of benzene rings is 1. The second-order valence-electron chi connectivity index (χ2n) is 8.85. The first kappa shape index (κ1) is 25.8. The molecule has 0 aliphatic carbocycles. The standard InChI is InChI=1S/C21H33BN4O6/c1-21(2,3)25-18(27)12-17(24-19(28)14-26-7-9-32-10-8-26)20(29)23-13-15-5-4-6-16(11-15)22(30)31/h4-6,11,17,30-31H,7-10,12-14H2,1-3H3,(H,23,29)(H,24,28)(H,25,27)/t17-/m0/s1. The molecule has 1 aliphatic rings. The molecule has 0 spiro atoms. The van der Waals surface area contributed by atoms with E-state index in [0.717, 1.165) is 0 Å². The van der Waals surface area contributed by atoms with Crippen molar-refractivity contribution in [2.24, 2.45) is 0 Å². The lowest BCUT2D eigenvalue weighted by Gasteiger charge is -2.27. The predicted octanol–water partition coefficient (Wildman–Crippen LogP) is -1.90. The lowest BCUT2D eigenvalue weighted by atomic mass is 9.79. The summed E-state index contributed by atoms with van der Waals surface area (Å²) >= 11 is 0. The summed E-state index contributed by atoms with van der Waals surface area (Å²) in [6.45, 7) is 8.07. The van der Waals surface area contributed by atoms with Crippen molar-refractivity contribution in [1.29, 1.82) is 0 Å². The van der Waals surface area contributed by atoms with Crippen LogP contribution in [-0.2, 0) is 25.7 Å². The van der Waals surface area contributed by atoms with Gasteiger partial charge >= 0.3 is 7.12 Å². The van der Waals surface area contributed by atoms with E-state index in [4.69, 9.17) is 4.74 Å². The molecule has 0 bridgehead atoms. The van der Waals surface area contributed by atoms with E-state index < -0.39 is 24.6 Å². The molecule has 1 heterocycles. The van der Waals surface area contributed by atoms with Gasteiger partial charge in [-0.15, -0.1) is 0 Å². The van der Waals surface area contributed by atoms with Crippen molar-refractivity contribution in [1.82, 2.24) is 20.9 Å². The second-order valence-corrected chi connectivity index (χ2v) is 8.85. The maximum Gasteiger partial charge on any atom is 0.488 e. The summed E-state index contributed by atoms with van der Waals surface area (Å²) in [7, 11) is -1.61. The fourth-order valence-electron chi connectivity index (χ4n) is 3.24. The Balaban J connectivity index is 2.01. The van der Waals surface area contributed by atoms with Crippen LogP contribution in [0.3, 0.4) is 0 Å². The molecule has 1 aromatic rings. The van der Waals surface area contributed by atoms with Crippen LogP contribution < -0.4 is 21.4 Å². The number of rotatable bonds is 9. The fourth-order valence-corrected chi connectivity index (χ4v) is 3.24. The number of nitrogens with one attached hydrogen (secondary N) is 3.